The van der Waals surface area contributed by atoms with E-state index in [9.17, 15) is 5.11 Å². The minimum absolute atomic E-state index is 0. The van der Waals surface area contributed by atoms with E-state index in [1.807, 2.05) is 30.3 Å². The van der Waals surface area contributed by atoms with Crippen molar-refractivity contribution in [2.75, 3.05) is 0 Å². The predicted molar refractivity (Wildman–Crippen MR) is 86.8 cm³/mol. The second-order valence-electron chi connectivity index (χ2n) is 4.43. The number of rotatable bonds is 4. The molecule has 0 unspecified atom stereocenters. The molecule has 0 bridgehead atoms. The molecule has 0 aromatic heterocycles. The van der Waals surface area contributed by atoms with Crippen LogP contribution < -0.4 is 5.73 Å². The predicted octanol–water partition coefficient (Wildman–Crippen LogP) is 4.02. The third kappa shape index (κ3) is 4.11. The minimum atomic E-state index is -0.710. The van der Waals surface area contributed by atoms with E-state index < -0.39 is 12.1 Å². The van der Waals surface area contributed by atoms with Crippen LogP contribution >= 0.6 is 35.6 Å². The lowest BCUT2D eigenvalue weighted by Crippen LogP contribution is -2.28. The van der Waals surface area contributed by atoms with Gasteiger partial charge in [0.15, 0.2) is 0 Å². The summed E-state index contributed by atoms with van der Waals surface area (Å²) in [6, 6.07) is 14.4. The molecule has 3 N–H and O–H groups in total. The molecule has 2 atom stereocenters. The van der Waals surface area contributed by atoms with E-state index in [0.717, 1.165) is 5.56 Å². The molecule has 0 saturated carbocycles. The SMILES string of the molecule is Cl.N[C@@H](c1cccc(Cl)c1Cl)[C@H](O)Cc1ccccc1. The summed E-state index contributed by atoms with van der Waals surface area (Å²) < 4.78 is 0. The summed E-state index contributed by atoms with van der Waals surface area (Å²) in [5.41, 5.74) is 7.76. The van der Waals surface area contributed by atoms with Crippen molar-refractivity contribution < 1.29 is 5.11 Å². The Morgan fingerprint density at radius 2 is 1.65 bits per heavy atom. The van der Waals surface area contributed by atoms with E-state index in [0.29, 0.717) is 22.0 Å². The number of halogens is 3. The van der Waals surface area contributed by atoms with Crippen LogP contribution in [0.5, 0.6) is 0 Å². The van der Waals surface area contributed by atoms with Crippen LogP contribution in [-0.4, -0.2) is 11.2 Å². The van der Waals surface area contributed by atoms with E-state index in [4.69, 9.17) is 28.9 Å². The summed E-state index contributed by atoms with van der Waals surface area (Å²) in [6.45, 7) is 0. The second-order valence-corrected chi connectivity index (χ2v) is 5.21. The number of hydrogen-bond acceptors (Lipinski definition) is 2. The van der Waals surface area contributed by atoms with Crippen molar-refractivity contribution in [3.05, 3.63) is 69.7 Å². The molecule has 0 amide bonds. The van der Waals surface area contributed by atoms with Crippen LogP contribution in [0.2, 0.25) is 10.0 Å². The lowest BCUT2D eigenvalue weighted by Gasteiger charge is -2.20. The molecular formula is C15H16Cl3NO. The first-order chi connectivity index (χ1) is 9.09. The molecule has 2 aromatic rings. The molecule has 108 valence electrons. The summed E-state index contributed by atoms with van der Waals surface area (Å²) >= 11 is 12.1. The number of nitrogens with two attached hydrogens (primary N) is 1. The van der Waals surface area contributed by atoms with E-state index >= 15 is 0 Å². The molecule has 0 heterocycles. The normalized spacial score (nSPS) is 13.4. The standard InChI is InChI=1S/C15H15Cl2NO.ClH/c16-12-8-4-7-11(14(12)17)15(18)13(19)9-10-5-2-1-3-6-10;/h1-8,13,15,19H,9,18H2;1H/t13-,15+;/m1./s1. The molecule has 0 aliphatic rings. The molecule has 0 fully saturated rings. The molecule has 2 nitrogen and oxygen atoms in total. The monoisotopic (exact) mass is 331 g/mol. The van der Waals surface area contributed by atoms with E-state index in [2.05, 4.69) is 0 Å². The molecule has 20 heavy (non-hydrogen) atoms. The molecule has 2 rings (SSSR count). The minimum Gasteiger partial charge on any atom is -0.391 e. The maximum atomic E-state index is 10.2. The van der Waals surface area contributed by atoms with Crippen molar-refractivity contribution >= 4 is 35.6 Å². The van der Waals surface area contributed by atoms with Crippen LogP contribution in [0, 0.1) is 0 Å². The molecule has 0 aliphatic carbocycles. The quantitative estimate of drug-likeness (QED) is 0.888. The van der Waals surface area contributed by atoms with Gasteiger partial charge in [-0.15, -0.1) is 12.4 Å². The molecule has 0 radical (unpaired) electrons. The Hall–Kier alpha value is -0.770. The third-order valence-corrected chi connectivity index (χ3v) is 3.88. The van der Waals surface area contributed by atoms with Crippen LogP contribution in [0.15, 0.2) is 48.5 Å². The topological polar surface area (TPSA) is 46.2 Å². The van der Waals surface area contributed by atoms with Crippen LogP contribution in [0.3, 0.4) is 0 Å². The third-order valence-electron chi connectivity index (χ3n) is 3.04. The van der Waals surface area contributed by atoms with Gasteiger partial charge >= 0.3 is 0 Å². The first-order valence-corrected chi connectivity index (χ1v) is 6.76. The summed E-state index contributed by atoms with van der Waals surface area (Å²) in [5.74, 6) is 0. The summed E-state index contributed by atoms with van der Waals surface area (Å²) in [5, 5.41) is 11.1. The summed E-state index contributed by atoms with van der Waals surface area (Å²) in [7, 11) is 0. The van der Waals surface area contributed by atoms with Crippen LogP contribution in [-0.2, 0) is 6.42 Å². The van der Waals surface area contributed by atoms with Gasteiger partial charge in [-0.3, -0.25) is 0 Å². The highest BCUT2D eigenvalue weighted by Gasteiger charge is 2.20. The van der Waals surface area contributed by atoms with Gasteiger partial charge in [-0.2, -0.15) is 0 Å². The van der Waals surface area contributed by atoms with Crippen molar-refractivity contribution in [2.24, 2.45) is 5.73 Å². The number of aliphatic hydroxyl groups is 1. The Labute approximate surface area is 134 Å². The maximum absolute atomic E-state index is 10.2. The number of hydrogen-bond donors (Lipinski definition) is 2. The molecule has 2 aromatic carbocycles. The highest BCUT2D eigenvalue weighted by molar-refractivity contribution is 6.42. The maximum Gasteiger partial charge on any atom is 0.0773 e. The number of aliphatic hydroxyl groups excluding tert-OH is 1. The fourth-order valence-electron chi connectivity index (χ4n) is 1.97. The Bertz CT molecular complexity index is 548. The van der Waals surface area contributed by atoms with Crippen molar-refractivity contribution in [1.82, 2.24) is 0 Å². The van der Waals surface area contributed by atoms with Gasteiger partial charge in [-0.25, -0.2) is 0 Å². The van der Waals surface area contributed by atoms with Crippen molar-refractivity contribution in [1.29, 1.82) is 0 Å². The van der Waals surface area contributed by atoms with Gasteiger partial charge in [-0.05, 0) is 17.2 Å². The van der Waals surface area contributed by atoms with Crippen LogP contribution in [0.1, 0.15) is 17.2 Å². The highest BCUT2D eigenvalue weighted by Crippen LogP contribution is 2.30. The smallest absolute Gasteiger partial charge is 0.0773 e. The van der Waals surface area contributed by atoms with Crippen molar-refractivity contribution in [2.45, 2.75) is 18.6 Å². The average molecular weight is 333 g/mol. The lowest BCUT2D eigenvalue weighted by atomic mass is 9.97. The van der Waals surface area contributed by atoms with E-state index in [1.54, 1.807) is 18.2 Å². The molecule has 0 saturated heterocycles. The van der Waals surface area contributed by atoms with Gasteiger partial charge < -0.3 is 10.8 Å². The summed E-state index contributed by atoms with van der Waals surface area (Å²) in [4.78, 5) is 0. The highest BCUT2D eigenvalue weighted by atomic mass is 35.5. The van der Waals surface area contributed by atoms with Gasteiger partial charge in [0, 0.05) is 6.42 Å². The average Bonchev–Trinajstić information content (AvgIpc) is 2.42. The van der Waals surface area contributed by atoms with Gasteiger partial charge in [-0.1, -0.05) is 65.7 Å². The second kappa shape index (κ2) is 7.87. The first-order valence-electron chi connectivity index (χ1n) is 6.01. The Kier molecular flexibility index (Phi) is 6.80. The van der Waals surface area contributed by atoms with Gasteiger partial charge in [0.25, 0.3) is 0 Å². The Morgan fingerprint density at radius 3 is 2.30 bits per heavy atom. The fraction of sp³-hybridized carbons (Fsp3) is 0.200. The zero-order valence-corrected chi connectivity index (χ0v) is 13.0. The largest absolute Gasteiger partial charge is 0.391 e. The Balaban J connectivity index is 0.00000200. The van der Waals surface area contributed by atoms with Gasteiger partial charge in [0.2, 0.25) is 0 Å². The zero-order valence-electron chi connectivity index (χ0n) is 10.7. The van der Waals surface area contributed by atoms with Gasteiger partial charge in [0.1, 0.15) is 0 Å². The first kappa shape index (κ1) is 17.3. The van der Waals surface area contributed by atoms with E-state index in [-0.39, 0.29) is 12.4 Å². The zero-order chi connectivity index (χ0) is 13.8. The lowest BCUT2D eigenvalue weighted by molar-refractivity contribution is 0.145. The number of benzene rings is 2. The Morgan fingerprint density at radius 1 is 1.00 bits per heavy atom. The van der Waals surface area contributed by atoms with Crippen molar-refractivity contribution in [3.8, 4) is 0 Å². The van der Waals surface area contributed by atoms with Crippen LogP contribution in [0.25, 0.3) is 0 Å². The van der Waals surface area contributed by atoms with Crippen molar-refractivity contribution in [3.63, 3.8) is 0 Å². The fourth-order valence-corrected chi connectivity index (χ4v) is 2.40. The summed E-state index contributed by atoms with van der Waals surface area (Å²) in [6.07, 6.45) is -0.233. The molecular weight excluding hydrogens is 317 g/mol. The van der Waals surface area contributed by atoms with E-state index in [1.165, 1.54) is 0 Å². The molecule has 0 spiro atoms. The molecule has 5 heteroatoms. The van der Waals surface area contributed by atoms with Gasteiger partial charge in [0.05, 0.1) is 22.2 Å². The van der Waals surface area contributed by atoms with Crippen LogP contribution in [0.4, 0.5) is 0 Å². The molecule has 0 aliphatic heterocycles.